The molecule has 116 valence electrons. The highest BCUT2D eigenvalue weighted by Crippen LogP contribution is 2.24. The molecule has 0 aliphatic rings. The lowest BCUT2D eigenvalue weighted by atomic mass is 9.98. The third-order valence-corrected chi connectivity index (χ3v) is 3.60. The average Bonchev–Trinajstić information content (AvgIpc) is 2.52. The average molecular weight is 298 g/mol. The minimum absolute atomic E-state index is 0.127. The molecule has 3 heteroatoms. The van der Waals surface area contributed by atoms with Gasteiger partial charge in [-0.1, -0.05) is 35.9 Å². The van der Waals surface area contributed by atoms with Crippen molar-refractivity contribution < 1.29 is 14.6 Å². The summed E-state index contributed by atoms with van der Waals surface area (Å²) in [6.45, 7) is 4.64. The van der Waals surface area contributed by atoms with Gasteiger partial charge in [0.05, 0.1) is 12.2 Å². The number of hydrogen-bond acceptors (Lipinski definition) is 3. The topological polar surface area (TPSA) is 46.5 Å². The fraction of sp³-hybridized carbons (Fsp3) is 0.316. The van der Waals surface area contributed by atoms with Gasteiger partial charge in [-0.05, 0) is 55.5 Å². The Morgan fingerprint density at radius 2 is 1.77 bits per heavy atom. The molecular formula is C19H22O3. The minimum atomic E-state index is -0.315. The summed E-state index contributed by atoms with van der Waals surface area (Å²) in [5, 5.41) is 8.69. The Labute approximate surface area is 131 Å². The van der Waals surface area contributed by atoms with Gasteiger partial charge in [-0.25, -0.2) is 4.79 Å². The Kier molecular flexibility index (Phi) is 5.73. The molecule has 22 heavy (non-hydrogen) atoms. The summed E-state index contributed by atoms with van der Waals surface area (Å²) >= 11 is 0. The summed E-state index contributed by atoms with van der Waals surface area (Å²) in [7, 11) is 0. The van der Waals surface area contributed by atoms with Gasteiger partial charge in [0.1, 0.15) is 0 Å². The van der Waals surface area contributed by atoms with Crippen LogP contribution in [0.1, 0.15) is 34.3 Å². The lowest BCUT2D eigenvalue weighted by Crippen LogP contribution is -2.06. The first-order valence-electron chi connectivity index (χ1n) is 7.57. The number of esters is 1. The van der Waals surface area contributed by atoms with Crippen molar-refractivity contribution in [2.24, 2.45) is 0 Å². The maximum absolute atomic E-state index is 11.9. The lowest BCUT2D eigenvalue weighted by Gasteiger charge is -2.08. The van der Waals surface area contributed by atoms with E-state index in [1.807, 2.05) is 12.1 Å². The summed E-state index contributed by atoms with van der Waals surface area (Å²) in [5.74, 6) is -0.315. The standard InChI is InChI=1S/C19H22O3/c1-14-5-10-18(15(2)13-14)16-6-8-17(9-7-16)19(21)22-12-4-3-11-20/h5-10,13,20H,3-4,11-12H2,1-2H3. The molecule has 0 aliphatic carbocycles. The molecule has 0 heterocycles. The maximum atomic E-state index is 11.9. The molecule has 0 bridgehead atoms. The number of rotatable bonds is 6. The van der Waals surface area contributed by atoms with E-state index in [0.717, 1.165) is 5.56 Å². The quantitative estimate of drug-likeness (QED) is 0.650. The third-order valence-electron chi connectivity index (χ3n) is 3.60. The van der Waals surface area contributed by atoms with E-state index < -0.39 is 0 Å². The fourth-order valence-electron chi connectivity index (χ4n) is 2.39. The van der Waals surface area contributed by atoms with E-state index in [0.29, 0.717) is 25.0 Å². The van der Waals surface area contributed by atoms with Crippen LogP contribution in [0.5, 0.6) is 0 Å². The van der Waals surface area contributed by atoms with E-state index in [4.69, 9.17) is 9.84 Å². The molecule has 2 aromatic carbocycles. The summed E-state index contributed by atoms with van der Waals surface area (Å²) in [5.41, 5.74) is 5.28. The molecule has 0 amide bonds. The van der Waals surface area contributed by atoms with Crippen LogP contribution in [0.2, 0.25) is 0 Å². The van der Waals surface area contributed by atoms with Gasteiger partial charge in [0.2, 0.25) is 0 Å². The summed E-state index contributed by atoms with van der Waals surface area (Å²) in [6, 6.07) is 13.8. The highest BCUT2D eigenvalue weighted by molar-refractivity contribution is 5.90. The molecule has 0 aliphatic heterocycles. The summed E-state index contributed by atoms with van der Waals surface area (Å²) in [4.78, 5) is 11.9. The van der Waals surface area contributed by atoms with Crippen LogP contribution in [-0.2, 0) is 4.74 Å². The van der Waals surface area contributed by atoms with Gasteiger partial charge in [0.15, 0.2) is 0 Å². The summed E-state index contributed by atoms with van der Waals surface area (Å²) < 4.78 is 5.17. The fourth-order valence-corrected chi connectivity index (χ4v) is 2.39. The number of aliphatic hydroxyl groups is 1. The normalized spacial score (nSPS) is 10.5. The number of benzene rings is 2. The van der Waals surface area contributed by atoms with Crippen LogP contribution in [0.4, 0.5) is 0 Å². The number of carbonyl (C=O) groups is 1. The van der Waals surface area contributed by atoms with Crippen molar-refractivity contribution in [3.8, 4) is 11.1 Å². The van der Waals surface area contributed by atoms with Gasteiger partial charge in [0, 0.05) is 6.61 Å². The van der Waals surface area contributed by atoms with Crippen LogP contribution >= 0.6 is 0 Å². The molecule has 2 aromatic rings. The molecule has 1 N–H and O–H groups in total. The maximum Gasteiger partial charge on any atom is 0.338 e. The van der Waals surface area contributed by atoms with Crippen LogP contribution < -0.4 is 0 Å². The smallest absolute Gasteiger partial charge is 0.338 e. The molecule has 0 atom stereocenters. The van der Waals surface area contributed by atoms with Gasteiger partial charge in [0.25, 0.3) is 0 Å². The van der Waals surface area contributed by atoms with Gasteiger partial charge < -0.3 is 9.84 Å². The molecule has 0 aromatic heterocycles. The third kappa shape index (κ3) is 4.18. The van der Waals surface area contributed by atoms with E-state index >= 15 is 0 Å². The zero-order chi connectivity index (χ0) is 15.9. The van der Waals surface area contributed by atoms with Gasteiger partial charge >= 0.3 is 5.97 Å². The highest BCUT2D eigenvalue weighted by atomic mass is 16.5. The van der Waals surface area contributed by atoms with E-state index in [1.165, 1.54) is 16.7 Å². The second-order valence-electron chi connectivity index (χ2n) is 5.46. The molecule has 2 rings (SSSR count). The second-order valence-corrected chi connectivity index (χ2v) is 5.46. The van der Waals surface area contributed by atoms with Crippen molar-refractivity contribution in [3.63, 3.8) is 0 Å². The Morgan fingerprint density at radius 3 is 2.41 bits per heavy atom. The van der Waals surface area contributed by atoms with Crippen LogP contribution in [-0.4, -0.2) is 24.3 Å². The van der Waals surface area contributed by atoms with Gasteiger partial charge in [-0.2, -0.15) is 0 Å². The SMILES string of the molecule is Cc1ccc(-c2ccc(C(=O)OCCCCO)cc2)c(C)c1. The van der Waals surface area contributed by atoms with Gasteiger partial charge in [-0.15, -0.1) is 0 Å². The molecule has 0 saturated carbocycles. The van der Waals surface area contributed by atoms with Gasteiger partial charge in [-0.3, -0.25) is 0 Å². The molecule has 0 fully saturated rings. The van der Waals surface area contributed by atoms with Crippen LogP contribution in [0, 0.1) is 13.8 Å². The largest absolute Gasteiger partial charge is 0.462 e. The predicted octanol–water partition coefficient (Wildman–Crippen LogP) is 3.90. The molecular weight excluding hydrogens is 276 g/mol. The molecule has 0 spiro atoms. The van der Waals surface area contributed by atoms with Crippen molar-refractivity contribution in [1.29, 1.82) is 0 Å². The number of unbranched alkanes of at least 4 members (excludes halogenated alkanes) is 1. The molecule has 3 nitrogen and oxygen atoms in total. The Bertz CT molecular complexity index is 630. The van der Waals surface area contributed by atoms with Crippen molar-refractivity contribution in [3.05, 3.63) is 59.2 Å². The van der Waals surface area contributed by atoms with Crippen molar-refractivity contribution in [2.45, 2.75) is 26.7 Å². The van der Waals surface area contributed by atoms with Crippen molar-refractivity contribution in [2.75, 3.05) is 13.2 Å². The first-order chi connectivity index (χ1) is 10.6. The second kappa shape index (κ2) is 7.76. The zero-order valence-electron chi connectivity index (χ0n) is 13.1. The zero-order valence-corrected chi connectivity index (χ0v) is 13.1. The monoisotopic (exact) mass is 298 g/mol. The van der Waals surface area contributed by atoms with Crippen molar-refractivity contribution in [1.82, 2.24) is 0 Å². The first-order valence-corrected chi connectivity index (χ1v) is 7.57. The summed E-state index contributed by atoms with van der Waals surface area (Å²) in [6.07, 6.45) is 1.34. The Balaban J connectivity index is 2.05. The van der Waals surface area contributed by atoms with Crippen molar-refractivity contribution >= 4 is 5.97 Å². The Morgan fingerprint density at radius 1 is 1.05 bits per heavy atom. The number of ether oxygens (including phenoxy) is 1. The molecule has 0 saturated heterocycles. The minimum Gasteiger partial charge on any atom is -0.462 e. The molecule has 0 unspecified atom stereocenters. The number of hydrogen-bond donors (Lipinski definition) is 1. The lowest BCUT2D eigenvalue weighted by molar-refractivity contribution is 0.0492. The first kappa shape index (κ1) is 16.2. The Hall–Kier alpha value is -2.13. The number of carbonyl (C=O) groups excluding carboxylic acids is 1. The van der Waals surface area contributed by atoms with Crippen LogP contribution in [0.3, 0.4) is 0 Å². The van der Waals surface area contributed by atoms with E-state index in [1.54, 1.807) is 12.1 Å². The number of aryl methyl sites for hydroxylation is 2. The van der Waals surface area contributed by atoms with E-state index in [2.05, 4.69) is 32.0 Å². The highest BCUT2D eigenvalue weighted by Gasteiger charge is 2.08. The van der Waals surface area contributed by atoms with E-state index in [9.17, 15) is 4.79 Å². The number of aliphatic hydroxyl groups excluding tert-OH is 1. The van der Waals surface area contributed by atoms with E-state index in [-0.39, 0.29) is 12.6 Å². The van der Waals surface area contributed by atoms with Crippen LogP contribution in [0.25, 0.3) is 11.1 Å². The predicted molar refractivity (Wildman–Crippen MR) is 88.0 cm³/mol. The molecule has 0 radical (unpaired) electrons. The van der Waals surface area contributed by atoms with Crippen LogP contribution in [0.15, 0.2) is 42.5 Å².